The van der Waals surface area contributed by atoms with Crippen LogP contribution in [0.5, 0.6) is 0 Å². The van der Waals surface area contributed by atoms with Gasteiger partial charge >= 0.3 is 0 Å². The van der Waals surface area contributed by atoms with Gasteiger partial charge in [0.1, 0.15) is 5.92 Å². The molecule has 6 heteroatoms. The molecular formula is C14H8BrNO4. The van der Waals surface area contributed by atoms with E-state index >= 15 is 0 Å². The molecule has 0 saturated heterocycles. The first-order chi connectivity index (χ1) is 9.50. The first-order valence-corrected chi connectivity index (χ1v) is 6.69. The molecule has 1 aliphatic rings. The number of ketones is 4. The van der Waals surface area contributed by atoms with Gasteiger partial charge in [0.2, 0.25) is 23.1 Å². The third-order valence-corrected chi connectivity index (χ3v) is 4.05. The maximum absolute atomic E-state index is 12.0. The number of Topliss-reactive ketones (excluding diaryl/α,β-unsaturated/α-hetero) is 4. The second-order valence-electron chi connectivity index (χ2n) is 4.59. The first kappa shape index (κ1) is 12.9. The number of aromatic amines is 1. The van der Waals surface area contributed by atoms with E-state index in [-0.39, 0.29) is 0 Å². The van der Waals surface area contributed by atoms with Gasteiger partial charge in [-0.3, -0.25) is 19.2 Å². The van der Waals surface area contributed by atoms with Gasteiger partial charge in [0.25, 0.3) is 0 Å². The number of hydrogen-bond acceptors (Lipinski definition) is 4. The Bertz CT molecular complexity index is 764. The third kappa shape index (κ3) is 1.76. The number of nitrogens with one attached hydrogen (secondary N) is 1. The molecule has 1 aliphatic carbocycles. The molecule has 1 N–H and O–H groups in total. The van der Waals surface area contributed by atoms with E-state index in [9.17, 15) is 19.2 Å². The molecule has 20 heavy (non-hydrogen) atoms. The number of carbonyl (C=O) groups excluding carboxylic acids is 4. The smallest absolute Gasteiger partial charge is 0.214 e. The normalized spacial score (nSPS) is 17.2. The zero-order chi connectivity index (χ0) is 14.4. The van der Waals surface area contributed by atoms with Crippen LogP contribution in [-0.4, -0.2) is 28.1 Å². The Morgan fingerprint density at radius 2 is 1.70 bits per heavy atom. The van der Waals surface area contributed by atoms with Crippen LogP contribution in [0.1, 0.15) is 17.9 Å². The fourth-order valence-corrected chi connectivity index (χ4v) is 3.03. The highest BCUT2D eigenvalue weighted by molar-refractivity contribution is 9.10. The summed E-state index contributed by atoms with van der Waals surface area (Å²) in [6, 6.07) is 5.35. The number of carbonyl (C=O) groups is 4. The molecule has 0 atom stereocenters. The SMILES string of the molecule is O=C1CC(=O)C(=O)C(c2c[nH]c3cccc(Br)c23)C1=O. The van der Waals surface area contributed by atoms with Gasteiger partial charge < -0.3 is 4.98 Å². The lowest BCUT2D eigenvalue weighted by Gasteiger charge is -2.17. The molecule has 0 bridgehead atoms. The van der Waals surface area contributed by atoms with Crippen molar-refractivity contribution in [2.45, 2.75) is 12.3 Å². The van der Waals surface area contributed by atoms with Crippen LogP contribution in [0.4, 0.5) is 0 Å². The predicted molar refractivity (Wildman–Crippen MR) is 73.4 cm³/mol. The molecule has 0 amide bonds. The van der Waals surface area contributed by atoms with Crippen LogP contribution < -0.4 is 0 Å². The van der Waals surface area contributed by atoms with Crippen molar-refractivity contribution in [3.63, 3.8) is 0 Å². The molecule has 5 nitrogen and oxygen atoms in total. The van der Waals surface area contributed by atoms with E-state index in [2.05, 4.69) is 20.9 Å². The van der Waals surface area contributed by atoms with Crippen LogP contribution in [0.2, 0.25) is 0 Å². The number of fused-ring (bicyclic) bond motifs is 1. The molecule has 1 aromatic carbocycles. The minimum atomic E-state index is -1.32. The molecule has 1 heterocycles. The van der Waals surface area contributed by atoms with Gasteiger partial charge in [-0.2, -0.15) is 0 Å². The van der Waals surface area contributed by atoms with Crippen molar-refractivity contribution in [1.29, 1.82) is 0 Å². The van der Waals surface area contributed by atoms with Crippen molar-refractivity contribution >= 4 is 50.0 Å². The van der Waals surface area contributed by atoms with Gasteiger partial charge in [-0.25, -0.2) is 0 Å². The van der Waals surface area contributed by atoms with Crippen molar-refractivity contribution in [2.75, 3.05) is 0 Å². The van der Waals surface area contributed by atoms with Gasteiger partial charge in [-0.1, -0.05) is 22.0 Å². The van der Waals surface area contributed by atoms with Crippen LogP contribution in [0.15, 0.2) is 28.9 Å². The van der Waals surface area contributed by atoms with Gasteiger partial charge in [0, 0.05) is 21.6 Å². The van der Waals surface area contributed by atoms with Crippen LogP contribution in [-0.2, 0) is 19.2 Å². The summed E-state index contributed by atoms with van der Waals surface area (Å²) in [4.78, 5) is 50.0. The molecule has 0 unspecified atom stereocenters. The summed E-state index contributed by atoms with van der Waals surface area (Å²) < 4.78 is 0.692. The lowest BCUT2D eigenvalue weighted by atomic mass is 9.80. The van der Waals surface area contributed by atoms with Crippen LogP contribution in [0, 0.1) is 0 Å². The molecule has 3 rings (SSSR count). The lowest BCUT2D eigenvalue weighted by Crippen LogP contribution is -2.40. The summed E-state index contributed by atoms with van der Waals surface area (Å²) in [5.74, 6) is -4.56. The standard InChI is InChI=1S/C14H8BrNO4/c15-7-2-1-3-8-11(7)6(5-16-8)12-13(19)9(17)4-10(18)14(12)20/h1-3,5,12,16H,4H2. The topological polar surface area (TPSA) is 84.1 Å². The molecular weight excluding hydrogens is 326 g/mol. The van der Waals surface area contributed by atoms with Gasteiger partial charge in [0.05, 0.1) is 6.42 Å². The Hall–Kier alpha value is -2.08. The Balaban J connectivity index is 2.23. The van der Waals surface area contributed by atoms with Crippen molar-refractivity contribution in [3.05, 3.63) is 34.4 Å². The third-order valence-electron chi connectivity index (χ3n) is 3.39. The molecule has 1 aromatic heterocycles. The molecule has 1 saturated carbocycles. The number of aromatic nitrogens is 1. The maximum Gasteiger partial charge on any atom is 0.214 e. The summed E-state index contributed by atoms with van der Waals surface area (Å²) in [6.07, 6.45) is 0.888. The lowest BCUT2D eigenvalue weighted by molar-refractivity contribution is -0.149. The number of benzene rings is 1. The molecule has 100 valence electrons. The largest absolute Gasteiger partial charge is 0.361 e. The number of halogens is 1. The van der Waals surface area contributed by atoms with E-state index in [4.69, 9.17) is 0 Å². The van der Waals surface area contributed by atoms with Gasteiger partial charge in [0.15, 0.2) is 0 Å². The average molecular weight is 334 g/mol. The van der Waals surface area contributed by atoms with Crippen LogP contribution in [0.3, 0.4) is 0 Å². The first-order valence-electron chi connectivity index (χ1n) is 5.90. The minimum Gasteiger partial charge on any atom is -0.361 e. The Labute approximate surface area is 121 Å². The molecule has 0 spiro atoms. The van der Waals surface area contributed by atoms with Crippen molar-refractivity contribution < 1.29 is 19.2 Å². The predicted octanol–water partition coefficient (Wildman–Crippen LogP) is 1.69. The molecule has 1 fully saturated rings. The fraction of sp³-hybridized carbons (Fsp3) is 0.143. The quantitative estimate of drug-likeness (QED) is 0.635. The Morgan fingerprint density at radius 3 is 2.35 bits per heavy atom. The highest BCUT2D eigenvalue weighted by Crippen LogP contribution is 2.34. The molecule has 0 aliphatic heterocycles. The highest BCUT2D eigenvalue weighted by Gasteiger charge is 2.43. The number of rotatable bonds is 1. The second kappa shape index (κ2) is 4.49. The van der Waals surface area contributed by atoms with Crippen LogP contribution >= 0.6 is 15.9 Å². The minimum absolute atomic E-state index is 0.365. The van der Waals surface area contributed by atoms with E-state index in [1.165, 1.54) is 6.20 Å². The fourth-order valence-electron chi connectivity index (χ4n) is 2.44. The number of H-pyrrole nitrogens is 1. The summed E-state index contributed by atoms with van der Waals surface area (Å²) in [5, 5.41) is 0.640. The van der Waals surface area contributed by atoms with E-state index in [1.54, 1.807) is 18.2 Å². The zero-order valence-corrected chi connectivity index (χ0v) is 11.7. The van der Waals surface area contributed by atoms with Crippen molar-refractivity contribution in [1.82, 2.24) is 4.98 Å². The summed E-state index contributed by atoms with van der Waals surface area (Å²) in [7, 11) is 0. The van der Waals surface area contributed by atoms with E-state index in [0.717, 1.165) is 5.52 Å². The summed E-state index contributed by atoms with van der Waals surface area (Å²) in [5.41, 5.74) is 1.09. The zero-order valence-electron chi connectivity index (χ0n) is 10.1. The van der Waals surface area contributed by atoms with Gasteiger partial charge in [-0.15, -0.1) is 0 Å². The summed E-state index contributed by atoms with van der Waals surface area (Å²) in [6.45, 7) is 0. The van der Waals surface area contributed by atoms with Gasteiger partial charge in [-0.05, 0) is 17.7 Å². The average Bonchev–Trinajstić information content (AvgIpc) is 2.82. The maximum atomic E-state index is 12.0. The Kier molecular flexibility index (Phi) is 2.90. The monoisotopic (exact) mass is 333 g/mol. The van der Waals surface area contributed by atoms with Crippen LogP contribution in [0.25, 0.3) is 10.9 Å². The highest BCUT2D eigenvalue weighted by atomic mass is 79.9. The molecule has 2 aromatic rings. The Morgan fingerprint density at radius 1 is 1.05 bits per heavy atom. The molecule has 0 radical (unpaired) electrons. The van der Waals surface area contributed by atoms with E-state index in [1.807, 2.05) is 0 Å². The number of hydrogen-bond donors (Lipinski definition) is 1. The second-order valence-corrected chi connectivity index (χ2v) is 5.45. The summed E-state index contributed by atoms with van der Waals surface area (Å²) >= 11 is 3.35. The van der Waals surface area contributed by atoms with E-state index in [0.29, 0.717) is 15.4 Å². The van der Waals surface area contributed by atoms with Crippen molar-refractivity contribution in [2.24, 2.45) is 0 Å². The van der Waals surface area contributed by atoms with E-state index < -0.39 is 35.5 Å². The van der Waals surface area contributed by atoms with Crippen molar-refractivity contribution in [3.8, 4) is 0 Å².